The second-order valence-corrected chi connectivity index (χ2v) is 14.1. The summed E-state index contributed by atoms with van der Waals surface area (Å²) in [6, 6.07) is 31.8. The van der Waals surface area contributed by atoms with Gasteiger partial charge in [-0.3, -0.25) is 4.98 Å². The molecule has 1 aliphatic carbocycles. The number of hydrogen-bond donors (Lipinski definition) is 1. The molecule has 1 fully saturated rings. The second-order valence-electron chi connectivity index (χ2n) is 13.1. The molecule has 2 aliphatic rings. The third-order valence-corrected chi connectivity index (χ3v) is 11.5. The minimum absolute atomic E-state index is 0.227. The predicted molar refractivity (Wildman–Crippen MR) is 196 cm³/mol. The number of nitrogens with zero attached hydrogens (tertiary/aromatic N) is 3. The number of hydrogen-bond acceptors (Lipinski definition) is 6. The molecule has 0 saturated heterocycles. The number of pyridine rings is 2. The van der Waals surface area contributed by atoms with Crippen molar-refractivity contribution < 1.29 is 7.16 Å². The number of furan rings is 1. The smallest absolute Gasteiger partial charge is 0.140 e. The molecule has 4 aromatic carbocycles. The molecule has 4 aromatic heterocycles. The molecule has 1 atom stereocenters. The summed E-state index contributed by atoms with van der Waals surface area (Å²) in [5.41, 5.74) is 9.57. The molecule has 230 valence electrons. The molecule has 6 heteroatoms. The monoisotopic (exact) mass is 632 g/mol. The lowest BCUT2D eigenvalue weighted by molar-refractivity contribution is 0.437. The van der Waals surface area contributed by atoms with Crippen LogP contribution >= 0.6 is 11.3 Å². The highest BCUT2D eigenvalue weighted by molar-refractivity contribution is 7.25. The van der Waals surface area contributed by atoms with Crippen molar-refractivity contribution in [2.45, 2.75) is 58.0 Å². The first-order valence-electron chi connectivity index (χ1n) is 17.8. The maximum absolute atomic E-state index is 8.00. The fraction of sp³-hybridized carbons (Fsp3) is 0.220. The first-order chi connectivity index (χ1) is 24.0. The van der Waals surface area contributed by atoms with Gasteiger partial charge in [0.15, 0.2) is 0 Å². The standard InChI is InChI=1S/C41H34N4OS/c1-23-15-22-34(36-29-11-6-7-14-35(29)46-38(23)36)45-37-28-17-16-24(2)42-32(28)20-21-33(37)43-40(45)30-13-8-12-26-27-18-19-31(25-9-4-3-5-10-25)44-41(27)47-39(26)30/h6-8,11-22,25,40,43H,3-5,9-10H2,1-2H3/i2D2. The molecular weight excluding hydrogens is 597 g/mol. The Labute approximate surface area is 279 Å². The van der Waals surface area contributed by atoms with E-state index in [1.165, 1.54) is 58.8 Å². The lowest BCUT2D eigenvalue weighted by Crippen LogP contribution is -2.24. The Balaban J connectivity index is 1.22. The second kappa shape index (κ2) is 10.3. The number of aryl methyl sites for hydroxylation is 2. The quantitative estimate of drug-likeness (QED) is 0.210. The molecule has 5 heterocycles. The Morgan fingerprint density at radius 2 is 1.70 bits per heavy atom. The van der Waals surface area contributed by atoms with E-state index in [0.29, 0.717) is 11.6 Å². The highest BCUT2D eigenvalue weighted by Gasteiger charge is 2.36. The van der Waals surface area contributed by atoms with Crippen LogP contribution in [0, 0.1) is 13.8 Å². The molecule has 1 saturated carbocycles. The highest BCUT2D eigenvalue weighted by Crippen LogP contribution is 2.54. The highest BCUT2D eigenvalue weighted by atomic mass is 32.1. The average molecular weight is 633 g/mol. The third kappa shape index (κ3) is 4.07. The number of aromatic nitrogens is 2. The number of para-hydroxylation sites is 1. The Bertz CT molecular complexity index is 2600. The molecule has 1 N–H and O–H groups in total. The SMILES string of the molecule is [2H]C([2H])c1ccc2c3c(ccc2n1)NC(c1cccc2c1sc1nc(C4CCCCC4)ccc12)N3c1ccc(C)c2oc3ccccc3c12. The van der Waals surface area contributed by atoms with Gasteiger partial charge in [0.25, 0.3) is 0 Å². The van der Waals surface area contributed by atoms with Gasteiger partial charge in [-0.05, 0) is 80.7 Å². The van der Waals surface area contributed by atoms with E-state index in [-0.39, 0.29) is 6.17 Å². The maximum Gasteiger partial charge on any atom is 0.140 e. The fourth-order valence-electron chi connectivity index (χ4n) is 8.09. The van der Waals surface area contributed by atoms with Gasteiger partial charge in [0.1, 0.15) is 22.2 Å². The Kier molecular flexibility index (Phi) is 5.51. The zero-order chi connectivity index (χ0) is 32.8. The van der Waals surface area contributed by atoms with E-state index in [2.05, 4.69) is 77.8 Å². The normalized spacial score (nSPS) is 17.7. The molecule has 0 spiro atoms. The first-order valence-corrected chi connectivity index (χ1v) is 17.4. The number of fused-ring (bicyclic) bond motifs is 9. The fourth-order valence-corrected chi connectivity index (χ4v) is 9.31. The largest absolute Gasteiger partial charge is 0.456 e. The van der Waals surface area contributed by atoms with Gasteiger partial charge >= 0.3 is 0 Å². The summed E-state index contributed by atoms with van der Waals surface area (Å²) in [5.74, 6) is 0.556. The van der Waals surface area contributed by atoms with E-state index < -0.39 is 6.88 Å². The van der Waals surface area contributed by atoms with Crippen molar-refractivity contribution in [1.82, 2.24) is 9.97 Å². The van der Waals surface area contributed by atoms with Crippen molar-refractivity contribution in [3.63, 3.8) is 0 Å². The first kappa shape index (κ1) is 25.2. The molecular formula is C41H34N4OS. The minimum Gasteiger partial charge on any atom is -0.456 e. The summed E-state index contributed by atoms with van der Waals surface area (Å²) in [6.07, 6.45) is 6.16. The molecule has 0 bridgehead atoms. The Hall–Kier alpha value is -4.94. The summed E-state index contributed by atoms with van der Waals surface area (Å²) in [5, 5.41) is 9.50. The van der Waals surface area contributed by atoms with Crippen molar-refractivity contribution in [2.24, 2.45) is 0 Å². The summed E-state index contributed by atoms with van der Waals surface area (Å²) in [4.78, 5) is 13.6. The average Bonchev–Trinajstić information content (AvgIpc) is 3.84. The molecule has 1 unspecified atom stereocenters. The van der Waals surface area contributed by atoms with Gasteiger partial charge < -0.3 is 14.6 Å². The summed E-state index contributed by atoms with van der Waals surface area (Å²) < 4.78 is 23.7. The maximum atomic E-state index is 8.00. The molecule has 8 aromatic rings. The molecule has 5 nitrogen and oxygen atoms in total. The van der Waals surface area contributed by atoms with Crippen LogP contribution in [-0.4, -0.2) is 9.97 Å². The van der Waals surface area contributed by atoms with Crippen molar-refractivity contribution in [1.29, 1.82) is 0 Å². The number of rotatable bonds is 3. The van der Waals surface area contributed by atoms with Crippen molar-refractivity contribution in [3.8, 4) is 0 Å². The molecule has 0 radical (unpaired) electrons. The summed E-state index contributed by atoms with van der Waals surface area (Å²) >= 11 is 1.80. The van der Waals surface area contributed by atoms with Gasteiger partial charge in [0.05, 0.1) is 28.0 Å². The molecule has 10 rings (SSSR count). The number of benzene rings is 4. The molecule has 47 heavy (non-hydrogen) atoms. The van der Waals surface area contributed by atoms with Gasteiger partial charge in [-0.2, -0.15) is 0 Å². The number of nitrogens with one attached hydrogen (secondary N) is 1. The zero-order valence-corrected chi connectivity index (χ0v) is 26.9. The zero-order valence-electron chi connectivity index (χ0n) is 28.1. The lowest BCUT2D eigenvalue weighted by Gasteiger charge is -2.29. The van der Waals surface area contributed by atoms with Crippen LogP contribution in [0.5, 0.6) is 0 Å². The third-order valence-electron chi connectivity index (χ3n) is 10.4. The van der Waals surface area contributed by atoms with Gasteiger partial charge in [0.2, 0.25) is 0 Å². The van der Waals surface area contributed by atoms with Crippen LogP contribution < -0.4 is 10.2 Å². The van der Waals surface area contributed by atoms with Gasteiger partial charge in [-0.1, -0.05) is 61.7 Å². The topological polar surface area (TPSA) is 54.2 Å². The van der Waals surface area contributed by atoms with E-state index in [0.717, 1.165) is 60.3 Å². The van der Waals surface area contributed by atoms with Crippen LogP contribution in [-0.2, 0) is 0 Å². The van der Waals surface area contributed by atoms with Crippen LogP contribution in [0.1, 0.15) is 69.4 Å². The van der Waals surface area contributed by atoms with Crippen LogP contribution in [0.4, 0.5) is 17.1 Å². The lowest BCUT2D eigenvalue weighted by atomic mass is 9.86. The van der Waals surface area contributed by atoms with Gasteiger partial charge in [-0.15, -0.1) is 11.3 Å². The number of thiophene rings is 1. The van der Waals surface area contributed by atoms with Crippen molar-refractivity contribution >= 4 is 81.5 Å². The van der Waals surface area contributed by atoms with Crippen LogP contribution in [0.25, 0.3) is 53.1 Å². The number of anilines is 3. The molecule has 1 aliphatic heterocycles. The minimum atomic E-state index is -1.15. The van der Waals surface area contributed by atoms with Crippen LogP contribution in [0.3, 0.4) is 0 Å². The van der Waals surface area contributed by atoms with E-state index in [1.807, 2.05) is 30.3 Å². The Morgan fingerprint density at radius 1 is 0.830 bits per heavy atom. The van der Waals surface area contributed by atoms with E-state index in [4.69, 9.17) is 17.1 Å². The van der Waals surface area contributed by atoms with Gasteiger partial charge in [0, 0.05) is 51.9 Å². The van der Waals surface area contributed by atoms with Gasteiger partial charge in [-0.25, -0.2) is 4.98 Å². The van der Waals surface area contributed by atoms with E-state index in [9.17, 15) is 0 Å². The summed E-state index contributed by atoms with van der Waals surface area (Å²) in [6.45, 7) is 0.958. The van der Waals surface area contributed by atoms with E-state index >= 15 is 0 Å². The van der Waals surface area contributed by atoms with Crippen LogP contribution in [0.2, 0.25) is 0 Å². The van der Waals surface area contributed by atoms with Crippen molar-refractivity contribution in [2.75, 3.05) is 10.2 Å². The predicted octanol–water partition coefficient (Wildman–Crippen LogP) is 11.8. The molecule has 0 amide bonds. The van der Waals surface area contributed by atoms with Crippen LogP contribution in [0.15, 0.2) is 95.4 Å². The van der Waals surface area contributed by atoms with E-state index in [1.54, 1.807) is 11.3 Å². The Morgan fingerprint density at radius 3 is 2.62 bits per heavy atom. The summed E-state index contributed by atoms with van der Waals surface area (Å²) in [7, 11) is 0. The van der Waals surface area contributed by atoms with Crippen molar-refractivity contribution in [3.05, 3.63) is 114 Å².